The molecule has 0 aliphatic carbocycles. The molecule has 3 amide bonds. The summed E-state index contributed by atoms with van der Waals surface area (Å²) in [6.45, 7) is 0. The van der Waals surface area contributed by atoms with Gasteiger partial charge in [-0.15, -0.1) is 0 Å². The average molecular weight is 324 g/mol. The molecule has 24 heavy (non-hydrogen) atoms. The fourth-order valence-corrected chi connectivity index (χ4v) is 2.52. The molecule has 1 atom stereocenters. The number of rotatable bonds is 4. The molecule has 1 saturated heterocycles. The Balaban J connectivity index is 1.67. The van der Waals surface area contributed by atoms with Crippen LogP contribution in [-0.4, -0.2) is 23.8 Å². The van der Waals surface area contributed by atoms with E-state index >= 15 is 0 Å². The van der Waals surface area contributed by atoms with Crippen LogP contribution >= 0.6 is 0 Å². The fraction of sp³-hybridized carbons (Fsp3) is 0.118. The zero-order chi connectivity index (χ0) is 17.1. The van der Waals surface area contributed by atoms with E-state index in [0.717, 1.165) is 4.90 Å². The van der Waals surface area contributed by atoms with Crippen molar-refractivity contribution in [3.63, 3.8) is 0 Å². The van der Waals surface area contributed by atoms with Crippen LogP contribution in [0.5, 0.6) is 0 Å². The SMILES string of the molecule is Nc1ccccc1C(=O)NN[C@@H]1CC(=O)N(c2ccccc2)C1=O. The van der Waals surface area contributed by atoms with E-state index in [-0.39, 0.29) is 12.3 Å². The van der Waals surface area contributed by atoms with Crippen LogP contribution in [0.1, 0.15) is 16.8 Å². The summed E-state index contributed by atoms with van der Waals surface area (Å²) in [5.41, 5.74) is 11.9. The number of para-hydroxylation sites is 2. The largest absolute Gasteiger partial charge is 0.398 e. The van der Waals surface area contributed by atoms with Crippen molar-refractivity contribution in [1.29, 1.82) is 0 Å². The molecule has 0 spiro atoms. The quantitative estimate of drug-likeness (QED) is 0.439. The van der Waals surface area contributed by atoms with Gasteiger partial charge in [0.05, 0.1) is 17.7 Å². The minimum Gasteiger partial charge on any atom is -0.398 e. The second-order valence-electron chi connectivity index (χ2n) is 5.35. The van der Waals surface area contributed by atoms with Crippen molar-refractivity contribution in [2.75, 3.05) is 10.6 Å². The van der Waals surface area contributed by atoms with Crippen molar-refractivity contribution >= 4 is 29.1 Å². The number of nitrogens with one attached hydrogen (secondary N) is 2. The van der Waals surface area contributed by atoms with E-state index < -0.39 is 17.9 Å². The minimum atomic E-state index is -0.813. The average Bonchev–Trinajstić information content (AvgIpc) is 2.87. The Hall–Kier alpha value is -3.19. The van der Waals surface area contributed by atoms with Gasteiger partial charge in [-0.3, -0.25) is 19.8 Å². The van der Waals surface area contributed by atoms with Gasteiger partial charge in [0.1, 0.15) is 6.04 Å². The first-order valence-electron chi connectivity index (χ1n) is 7.40. The highest BCUT2D eigenvalue weighted by Crippen LogP contribution is 2.22. The number of imide groups is 1. The molecule has 4 N–H and O–H groups in total. The van der Waals surface area contributed by atoms with Gasteiger partial charge in [0.15, 0.2) is 0 Å². The number of amides is 3. The highest BCUT2D eigenvalue weighted by molar-refractivity contribution is 6.22. The summed E-state index contributed by atoms with van der Waals surface area (Å²) in [6.07, 6.45) is -0.0295. The molecule has 7 nitrogen and oxygen atoms in total. The Bertz CT molecular complexity index is 791. The smallest absolute Gasteiger partial charge is 0.267 e. The molecular formula is C17H16N4O3. The molecule has 0 radical (unpaired) electrons. The second kappa shape index (κ2) is 6.51. The van der Waals surface area contributed by atoms with E-state index in [4.69, 9.17) is 5.73 Å². The third-order valence-corrected chi connectivity index (χ3v) is 3.73. The van der Waals surface area contributed by atoms with Gasteiger partial charge < -0.3 is 5.73 Å². The Labute approximate surface area is 138 Å². The van der Waals surface area contributed by atoms with Crippen molar-refractivity contribution in [2.24, 2.45) is 0 Å². The third-order valence-electron chi connectivity index (χ3n) is 3.73. The van der Waals surface area contributed by atoms with E-state index in [2.05, 4.69) is 10.9 Å². The van der Waals surface area contributed by atoms with Crippen LogP contribution in [0.25, 0.3) is 0 Å². The van der Waals surface area contributed by atoms with Crippen LogP contribution in [0.2, 0.25) is 0 Å². The zero-order valence-corrected chi connectivity index (χ0v) is 12.7. The Kier molecular flexibility index (Phi) is 4.26. The van der Waals surface area contributed by atoms with Crippen LogP contribution in [0.4, 0.5) is 11.4 Å². The van der Waals surface area contributed by atoms with Gasteiger partial charge in [-0.05, 0) is 24.3 Å². The van der Waals surface area contributed by atoms with Gasteiger partial charge >= 0.3 is 0 Å². The predicted octanol–water partition coefficient (Wildman–Crippen LogP) is 0.835. The Morgan fingerprint density at radius 1 is 1.04 bits per heavy atom. The van der Waals surface area contributed by atoms with Gasteiger partial charge in [-0.2, -0.15) is 0 Å². The van der Waals surface area contributed by atoms with Crippen LogP contribution in [0.3, 0.4) is 0 Å². The summed E-state index contributed by atoms with van der Waals surface area (Å²) >= 11 is 0. The van der Waals surface area contributed by atoms with E-state index in [1.807, 2.05) is 0 Å². The molecule has 2 aromatic rings. The molecule has 2 aromatic carbocycles. The van der Waals surface area contributed by atoms with Crippen molar-refractivity contribution < 1.29 is 14.4 Å². The minimum absolute atomic E-state index is 0.0295. The predicted molar refractivity (Wildman–Crippen MR) is 88.8 cm³/mol. The molecule has 7 heteroatoms. The first-order valence-corrected chi connectivity index (χ1v) is 7.40. The van der Waals surface area contributed by atoms with E-state index in [0.29, 0.717) is 16.9 Å². The molecule has 1 heterocycles. The lowest BCUT2D eigenvalue weighted by Crippen LogP contribution is -2.48. The highest BCUT2D eigenvalue weighted by atomic mass is 16.2. The van der Waals surface area contributed by atoms with E-state index in [1.165, 1.54) is 0 Å². The van der Waals surface area contributed by atoms with Crippen LogP contribution < -0.4 is 21.5 Å². The number of hydrogen-bond donors (Lipinski definition) is 3. The van der Waals surface area contributed by atoms with Crippen molar-refractivity contribution in [3.8, 4) is 0 Å². The summed E-state index contributed by atoms with van der Waals surface area (Å²) in [4.78, 5) is 37.7. The zero-order valence-electron chi connectivity index (χ0n) is 12.7. The molecule has 122 valence electrons. The number of anilines is 2. The topological polar surface area (TPSA) is 105 Å². The number of carbonyl (C=O) groups is 3. The molecular weight excluding hydrogens is 308 g/mol. The van der Waals surface area contributed by atoms with Gasteiger partial charge in [-0.1, -0.05) is 30.3 Å². The lowest BCUT2D eigenvalue weighted by molar-refractivity contribution is -0.121. The fourth-order valence-electron chi connectivity index (χ4n) is 2.52. The van der Waals surface area contributed by atoms with Crippen LogP contribution in [-0.2, 0) is 9.59 Å². The normalized spacial score (nSPS) is 17.2. The summed E-state index contributed by atoms with van der Waals surface area (Å²) in [6, 6.07) is 14.4. The molecule has 0 bridgehead atoms. The maximum Gasteiger partial charge on any atom is 0.267 e. The Morgan fingerprint density at radius 3 is 2.42 bits per heavy atom. The van der Waals surface area contributed by atoms with Crippen LogP contribution in [0, 0.1) is 0 Å². The molecule has 1 aliphatic rings. The number of nitrogens with two attached hydrogens (primary N) is 1. The first kappa shape index (κ1) is 15.7. The van der Waals surface area contributed by atoms with E-state index in [9.17, 15) is 14.4 Å². The summed E-state index contributed by atoms with van der Waals surface area (Å²) < 4.78 is 0. The summed E-state index contributed by atoms with van der Waals surface area (Å²) in [5.74, 6) is -1.20. The molecule has 0 aromatic heterocycles. The number of nitrogens with zero attached hydrogens (tertiary/aromatic N) is 1. The molecule has 1 fully saturated rings. The highest BCUT2D eigenvalue weighted by Gasteiger charge is 2.39. The van der Waals surface area contributed by atoms with Crippen LogP contribution in [0.15, 0.2) is 54.6 Å². The maximum absolute atomic E-state index is 12.4. The standard InChI is InChI=1S/C17H16N4O3/c18-13-9-5-4-8-12(13)16(23)20-19-14-10-15(22)21(17(14)24)11-6-2-1-3-7-11/h1-9,14,19H,10,18H2,(H,20,23)/t14-/m1/s1. The monoisotopic (exact) mass is 324 g/mol. The van der Waals surface area contributed by atoms with Gasteiger partial charge in [0.2, 0.25) is 5.91 Å². The molecule has 1 aliphatic heterocycles. The number of hydrazine groups is 1. The number of hydrogen-bond acceptors (Lipinski definition) is 5. The van der Waals surface area contributed by atoms with Crippen molar-refractivity contribution in [2.45, 2.75) is 12.5 Å². The molecule has 3 rings (SSSR count). The molecule has 0 unspecified atom stereocenters. The van der Waals surface area contributed by atoms with Crippen molar-refractivity contribution in [3.05, 3.63) is 60.2 Å². The number of benzene rings is 2. The van der Waals surface area contributed by atoms with Gasteiger partial charge in [-0.25, -0.2) is 10.3 Å². The summed E-state index contributed by atoms with van der Waals surface area (Å²) in [5, 5.41) is 0. The summed E-state index contributed by atoms with van der Waals surface area (Å²) in [7, 11) is 0. The van der Waals surface area contributed by atoms with E-state index in [1.54, 1.807) is 54.6 Å². The number of carbonyl (C=O) groups excluding carboxylic acids is 3. The molecule has 0 saturated carbocycles. The lowest BCUT2D eigenvalue weighted by Gasteiger charge is -2.16. The maximum atomic E-state index is 12.4. The Morgan fingerprint density at radius 2 is 1.71 bits per heavy atom. The van der Waals surface area contributed by atoms with Gasteiger partial charge in [0.25, 0.3) is 11.8 Å². The first-order chi connectivity index (χ1) is 11.6. The second-order valence-corrected chi connectivity index (χ2v) is 5.35. The third kappa shape index (κ3) is 2.97. The lowest BCUT2D eigenvalue weighted by atomic mass is 10.2. The van der Waals surface area contributed by atoms with Gasteiger partial charge in [0, 0.05) is 5.69 Å². The van der Waals surface area contributed by atoms with Crippen molar-refractivity contribution in [1.82, 2.24) is 10.9 Å². The number of nitrogen functional groups attached to an aromatic ring is 1.